The van der Waals surface area contributed by atoms with E-state index < -0.39 is 46.3 Å². The fourth-order valence-corrected chi connectivity index (χ4v) is 6.99. The lowest BCUT2D eigenvalue weighted by Gasteiger charge is -2.26. The first-order valence-electron chi connectivity index (χ1n) is 22.8. The van der Waals surface area contributed by atoms with Crippen LogP contribution in [0.15, 0.2) is 89.3 Å². The van der Waals surface area contributed by atoms with Crippen LogP contribution in [0, 0.1) is 0 Å². The molecule has 0 spiro atoms. The van der Waals surface area contributed by atoms with Gasteiger partial charge in [0.1, 0.15) is 33.9 Å². The van der Waals surface area contributed by atoms with Crippen LogP contribution in [0.2, 0.25) is 0 Å². The van der Waals surface area contributed by atoms with Crippen molar-refractivity contribution in [2.45, 2.75) is 131 Å². The normalized spacial score (nSPS) is 12.3. The molecule has 4 heterocycles. The first kappa shape index (κ1) is 52.5. The minimum atomic E-state index is -0.721. The fraction of sp³-hybridized carbons (Fsp3) is 0.453. The number of hydrogen-bond donors (Lipinski definition) is 1. The monoisotopic (exact) mass is 933 g/mol. The molecule has 4 aromatic heterocycles. The Hall–Kier alpha value is -6.45. The molecule has 15 heteroatoms. The van der Waals surface area contributed by atoms with Crippen LogP contribution in [0.5, 0.6) is 0 Å². The van der Waals surface area contributed by atoms with Gasteiger partial charge in [-0.3, -0.25) is 29.0 Å². The lowest BCUT2D eigenvalue weighted by molar-refractivity contribution is -0.162. The second-order valence-corrected chi connectivity index (χ2v) is 20.8. The lowest BCUT2D eigenvalue weighted by atomic mass is 10.1. The summed E-state index contributed by atoms with van der Waals surface area (Å²) in [5, 5.41) is 0. The number of carbonyl (C=O) groups excluding carboxylic acids is 4. The Kier molecular flexibility index (Phi) is 17.1. The number of pyridine rings is 3. The Labute approximate surface area is 400 Å². The summed E-state index contributed by atoms with van der Waals surface area (Å²) in [4.78, 5) is 70.6. The highest BCUT2D eigenvalue weighted by Gasteiger charge is 2.26. The zero-order valence-electron chi connectivity index (χ0n) is 41.7. The maximum atomic E-state index is 13.1. The van der Waals surface area contributed by atoms with Crippen molar-refractivity contribution in [3.63, 3.8) is 0 Å². The molecule has 68 heavy (non-hydrogen) atoms. The van der Waals surface area contributed by atoms with Gasteiger partial charge in [0.05, 0.1) is 60.3 Å². The molecule has 0 unspecified atom stereocenters. The van der Waals surface area contributed by atoms with E-state index in [1.165, 1.54) is 0 Å². The second-order valence-electron chi connectivity index (χ2n) is 20.8. The summed E-state index contributed by atoms with van der Waals surface area (Å²) in [7, 11) is 0. The number of nitrogen functional groups attached to an aromatic ring is 1. The van der Waals surface area contributed by atoms with Gasteiger partial charge >= 0.3 is 23.9 Å². The SMILES string of the molecule is CC(C)(C)OC(=O)CN(CC(=O)OC(C)(C)C)Cc1cccc(-c2cc(-c3ccc(CCc4ccc(N)cc4)o3)cc(-c3cccc(CN(CC(=O)OC(C)(C)C)CC(=O)OC(C)(C)C)n3)n2)n1. The number of anilines is 1. The van der Waals surface area contributed by atoms with Crippen molar-refractivity contribution in [2.75, 3.05) is 31.9 Å². The smallest absolute Gasteiger partial charge is 0.320 e. The number of aromatic nitrogens is 3. The molecular formula is C53H68N6O9. The van der Waals surface area contributed by atoms with Gasteiger partial charge in [-0.15, -0.1) is 0 Å². The number of nitrogens with zero attached hydrogens (tertiary/aromatic N) is 5. The first-order chi connectivity index (χ1) is 31.6. The predicted molar refractivity (Wildman–Crippen MR) is 261 cm³/mol. The van der Waals surface area contributed by atoms with E-state index >= 15 is 0 Å². The van der Waals surface area contributed by atoms with Crippen molar-refractivity contribution >= 4 is 29.6 Å². The van der Waals surface area contributed by atoms with Crippen molar-refractivity contribution in [3.05, 3.63) is 108 Å². The number of furan rings is 1. The molecule has 0 atom stereocenters. The first-order valence-corrected chi connectivity index (χ1v) is 22.8. The van der Waals surface area contributed by atoms with Crippen LogP contribution in [-0.4, -0.2) is 97.2 Å². The molecule has 0 aliphatic heterocycles. The van der Waals surface area contributed by atoms with E-state index in [4.69, 9.17) is 44.1 Å². The second kappa shape index (κ2) is 22.1. The molecular weight excluding hydrogens is 865 g/mol. The third-order valence-corrected chi connectivity index (χ3v) is 9.41. The molecule has 0 radical (unpaired) electrons. The van der Waals surface area contributed by atoms with Gasteiger partial charge < -0.3 is 29.1 Å². The highest BCUT2D eigenvalue weighted by atomic mass is 16.6. The van der Waals surface area contributed by atoms with Gasteiger partial charge in [0.2, 0.25) is 0 Å². The van der Waals surface area contributed by atoms with Crippen LogP contribution in [0.1, 0.15) is 106 Å². The zero-order chi connectivity index (χ0) is 50.0. The van der Waals surface area contributed by atoms with Gasteiger partial charge in [-0.2, -0.15) is 0 Å². The molecule has 15 nitrogen and oxygen atoms in total. The minimum absolute atomic E-state index is 0.126. The highest BCUT2D eigenvalue weighted by molar-refractivity contribution is 5.77. The van der Waals surface area contributed by atoms with E-state index in [2.05, 4.69) is 0 Å². The van der Waals surface area contributed by atoms with E-state index in [0.29, 0.717) is 52.0 Å². The van der Waals surface area contributed by atoms with Crippen LogP contribution in [-0.2, 0) is 64.1 Å². The van der Waals surface area contributed by atoms with Crippen LogP contribution in [0.4, 0.5) is 5.69 Å². The van der Waals surface area contributed by atoms with E-state index in [1.807, 2.05) is 84.9 Å². The number of hydrogen-bond acceptors (Lipinski definition) is 15. The average molecular weight is 933 g/mol. The van der Waals surface area contributed by atoms with Gasteiger partial charge in [-0.05, 0) is 156 Å². The molecule has 0 saturated heterocycles. The zero-order valence-corrected chi connectivity index (χ0v) is 41.7. The molecule has 5 aromatic rings. The number of aryl methyl sites for hydroxylation is 2. The topological polar surface area (TPSA) is 190 Å². The van der Waals surface area contributed by atoms with Crippen LogP contribution in [0.25, 0.3) is 34.1 Å². The number of ether oxygens (including phenoxy) is 4. The summed E-state index contributed by atoms with van der Waals surface area (Å²) in [6.45, 7) is 21.0. The number of esters is 4. The molecule has 5 rings (SSSR count). The Morgan fingerprint density at radius 2 is 0.897 bits per heavy atom. The Morgan fingerprint density at radius 1 is 0.500 bits per heavy atom. The van der Waals surface area contributed by atoms with E-state index in [1.54, 1.807) is 92.9 Å². The minimum Gasteiger partial charge on any atom is -0.461 e. The van der Waals surface area contributed by atoms with E-state index in [0.717, 1.165) is 23.3 Å². The van der Waals surface area contributed by atoms with E-state index in [-0.39, 0.29) is 39.3 Å². The predicted octanol–water partition coefficient (Wildman–Crippen LogP) is 8.80. The van der Waals surface area contributed by atoms with Gasteiger partial charge in [0.15, 0.2) is 0 Å². The molecule has 364 valence electrons. The summed E-state index contributed by atoms with van der Waals surface area (Å²) in [5.41, 5.74) is 8.78. The van der Waals surface area contributed by atoms with Crippen molar-refractivity contribution in [2.24, 2.45) is 0 Å². The van der Waals surface area contributed by atoms with Crippen molar-refractivity contribution in [1.29, 1.82) is 0 Å². The molecule has 0 aliphatic carbocycles. The molecule has 2 N–H and O–H groups in total. The third-order valence-electron chi connectivity index (χ3n) is 9.41. The fourth-order valence-electron chi connectivity index (χ4n) is 6.99. The summed E-state index contributed by atoms with van der Waals surface area (Å²) in [6, 6.07) is 26.4. The molecule has 0 bridgehead atoms. The molecule has 1 aromatic carbocycles. The van der Waals surface area contributed by atoms with Gasteiger partial charge in [-0.1, -0.05) is 24.3 Å². The summed E-state index contributed by atoms with van der Waals surface area (Å²) >= 11 is 0. The van der Waals surface area contributed by atoms with Crippen molar-refractivity contribution < 1.29 is 42.5 Å². The molecule has 0 amide bonds. The van der Waals surface area contributed by atoms with Gasteiger partial charge in [0, 0.05) is 30.8 Å². The summed E-state index contributed by atoms with van der Waals surface area (Å²) in [5.74, 6) is -0.562. The van der Waals surface area contributed by atoms with Gasteiger partial charge in [0.25, 0.3) is 0 Å². The average Bonchev–Trinajstić information content (AvgIpc) is 3.67. The van der Waals surface area contributed by atoms with Crippen LogP contribution in [0.3, 0.4) is 0 Å². The van der Waals surface area contributed by atoms with Crippen LogP contribution < -0.4 is 5.73 Å². The maximum absolute atomic E-state index is 13.1. The quantitative estimate of drug-likeness (QED) is 0.0498. The summed E-state index contributed by atoms with van der Waals surface area (Å²) < 4.78 is 28.9. The molecule has 0 fully saturated rings. The number of benzene rings is 1. The molecule has 0 saturated carbocycles. The number of nitrogens with two attached hydrogens (primary N) is 1. The third kappa shape index (κ3) is 18.3. The number of carbonyl (C=O) groups is 4. The Balaban J connectivity index is 1.52. The van der Waals surface area contributed by atoms with Crippen molar-refractivity contribution in [3.8, 4) is 34.1 Å². The Bertz CT molecular complexity index is 2340. The maximum Gasteiger partial charge on any atom is 0.320 e. The highest BCUT2D eigenvalue weighted by Crippen LogP contribution is 2.31. The standard InChI is InChI=1S/C53H68N6O9/c1-50(2,3)65-46(60)31-58(32-47(61)66-51(4,5)6)29-38-15-13-17-41(55-38)43-27-36(45-26-25-40(64-45)24-21-35-19-22-37(54)23-20-35)28-44(57-43)42-18-14-16-39(56-42)30-59(33-48(62)67-52(7,8)9)34-49(63)68-53(10,11)12/h13-20,22-23,25-28H,21,24,29-34,54H2,1-12H3. The summed E-state index contributed by atoms with van der Waals surface area (Å²) in [6.07, 6.45) is 1.42. The molecule has 0 aliphatic rings. The largest absolute Gasteiger partial charge is 0.461 e. The number of rotatable bonds is 18. The van der Waals surface area contributed by atoms with E-state index in [9.17, 15) is 19.2 Å². The van der Waals surface area contributed by atoms with Gasteiger partial charge in [-0.25, -0.2) is 15.0 Å². The van der Waals surface area contributed by atoms with Crippen LogP contribution >= 0.6 is 0 Å². The lowest BCUT2D eigenvalue weighted by Crippen LogP contribution is -2.39. The Morgan fingerprint density at radius 3 is 1.28 bits per heavy atom. The van der Waals surface area contributed by atoms with Crippen molar-refractivity contribution in [1.82, 2.24) is 24.8 Å².